The van der Waals surface area contributed by atoms with Gasteiger partial charge in [-0.3, -0.25) is 0 Å². The molecule has 0 aliphatic rings. The molecular formula is C25H22FNO4. The van der Waals surface area contributed by atoms with Crippen LogP contribution in [-0.4, -0.2) is 20.8 Å². The lowest BCUT2D eigenvalue weighted by Gasteiger charge is -2.11. The largest absolute Gasteiger partial charge is 0.494 e. The number of hydrogen-bond acceptors (Lipinski definition) is 5. The van der Waals surface area contributed by atoms with Crippen molar-refractivity contribution in [2.24, 2.45) is 4.99 Å². The lowest BCUT2D eigenvalue weighted by atomic mass is 10.1. The van der Waals surface area contributed by atoms with Crippen LogP contribution in [0.5, 0.6) is 17.2 Å². The van der Waals surface area contributed by atoms with Crippen molar-refractivity contribution in [3.05, 3.63) is 77.9 Å². The molecule has 0 atom stereocenters. The molecule has 158 valence electrons. The summed E-state index contributed by atoms with van der Waals surface area (Å²) in [6.07, 6.45) is 0. The van der Waals surface area contributed by atoms with Gasteiger partial charge in [-0.1, -0.05) is 0 Å². The van der Waals surface area contributed by atoms with Gasteiger partial charge in [-0.05, 0) is 67.6 Å². The molecule has 4 aromatic rings. The summed E-state index contributed by atoms with van der Waals surface area (Å²) in [5, 5.41) is 1.47. The Kier molecular flexibility index (Phi) is 5.89. The molecule has 0 unspecified atom stereocenters. The highest BCUT2D eigenvalue weighted by Crippen LogP contribution is 2.33. The third kappa shape index (κ3) is 4.38. The summed E-state index contributed by atoms with van der Waals surface area (Å²) in [5.41, 5.74) is 2.09. The van der Waals surface area contributed by atoms with E-state index in [-0.39, 0.29) is 5.82 Å². The quantitative estimate of drug-likeness (QED) is 0.391. The van der Waals surface area contributed by atoms with Crippen LogP contribution in [0, 0.1) is 5.82 Å². The van der Waals surface area contributed by atoms with E-state index >= 15 is 0 Å². The van der Waals surface area contributed by atoms with Gasteiger partial charge in [-0.2, -0.15) is 0 Å². The fourth-order valence-corrected chi connectivity index (χ4v) is 3.28. The van der Waals surface area contributed by atoms with Gasteiger partial charge in [0.1, 0.15) is 22.9 Å². The van der Waals surface area contributed by atoms with E-state index in [4.69, 9.17) is 23.6 Å². The monoisotopic (exact) mass is 419 g/mol. The standard InChI is InChI=1S/C25H22FNO4/c1-4-30-19-10-12-22-20(14-19)21(27-18-8-6-17(26)7-9-18)15-24(31-22)16-5-11-23(28-2)25(13-16)29-3/h5-15H,4H2,1-3H3. The third-order valence-corrected chi connectivity index (χ3v) is 4.77. The van der Waals surface area contributed by atoms with Crippen LogP contribution in [0.25, 0.3) is 22.3 Å². The van der Waals surface area contributed by atoms with Gasteiger partial charge in [-0.25, -0.2) is 9.38 Å². The molecule has 1 heterocycles. The highest BCUT2D eigenvalue weighted by Gasteiger charge is 2.11. The van der Waals surface area contributed by atoms with Crippen LogP contribution in [0.1, 0.15) is 6.92 Å². The van der Waals surface area contributed by atoms with E-state index in [9.17, 15) is 4.39 Å². The summed E-state index contributed by atoms with van der Waals surface area (Å²) in [6, 6.07) is 19.0. The topological polar surface area (TPSA) is 53.2 Å². The predicted octanol–water partition coefficient (Wildman–Crippen LogP) is 5.89. The van der Waals surface area contributed by atoms with Crippen LogP contribution < -0.4 is 19.6 Å². The van der Waals surface area contributed by atoms with Crippen molar-refractivity contribution in [3.8, 4) is 28.6 Å². The molecule has 0 fully saturated rings. The van der Waals surface area contributed by atoms with Crippen LogP contribution in [0.15, 0.2) is 76.1 Å². The maximum atomic E-state index is 13.3. The Labute approximate surface area is 179 Å². The van der Waals surface area contributed by atoms with Crippen molar-refractivity contribution in [3.63, 3.8) is 0 Å². The Morgan fingerprint density at radius 3 is 2.35 bits per heavy atom. The predicted molar refractivity (Wildman–Crippen MR) is 118 cm³/mol. The average molecular weight is 419 g/mol. The highest BCUT2D eigenvalue weighted by atomic mass is 19.1. The van der Waals surface area contributed by atoms with E-state index in [2.05, 4.69) is 0 Å². The summed E-state index contributed by atoms with van der Waals surface area (Å²) < 4.78 is 35.9. The summed E-state index contributed by atoms with van der Waals surface area (Å²) in [6.45, 7) is 2.48. The molecule has 0 bridgehead atoms. The van der Waals surface area contributed by atoms with Gasteiger partial charge in [0.25, 0.3) is 0 Å². The third-order valence-electron chi connectivity index (χ3n) is 4.77. The zero-order valence-corrected chi connectivity index (χ0v) is 17.5. The second-order valence-corrected chi connectivity index (χ2v) is 6.74. The second-order valence-electron chi connectivity index (χ2n) is 6.74. The van der Waals surface area contributed by atoms with Crippen molar-refractivity contribution >= 4 is 16.7 Å². The molecule has 0 N–H and O–H groups in total. The van der Waals surface area contributed by atoms with Crippen LogP contribution in [-0.2, 0) is 0 Å². The number of halogens is 1. The fourth-order valence-electron chi connectivity index (χ4n) is 3.28. The summed E-state index contributed by atoms with van der Waals surface area (Å²) in [5.74, 6) is 2.25. The minimum Gasteiger partial charge on any atom is -0.494 e. The zero-order valence-electron chi connectivity index (χ0n) is 17.5. The van der Waals surface area contributed by atoms with Gasteiger partial charge in [-0.15, -0.1) is 0 Å². The Bertz CT molecular complexity index is 1280. The van der Waals surface area contributed by atoms with Crippen LogP contribution >= 0.6 is 0 Å². The van der Waals surface area contributed by atoms with Crippen molar-refractivity contribution in [2.75, 3.05) is 20.8 Å². The number of fused-ring (bicyclic) bond motifs is 1. The molecule has 1 aromatic heterocycles. The highest BCUT2D eigenvalue weighted by molar-refractivity contribution is 5.80. The SMILES string of the molecule is CCOc1ccc2oc(-c3ccc(OC)c(OC)c3)cc(=Nc3ccc(F)cc3)c2c1. The Hall–Kier alpha value is -3.80. The van der Waals surface area contributed by atoms with Gasteiger partial charge in [0.15, 0.2) is 11.5 Å². The average Bonchev–Trinajstić information content (AvgIpc) is 2.80. The molecule has 5 nitrogen and oxygen atoms in total. The maximum Gasteiger partial charge on any atom is 0.161 e. The van der Waals surface area contributed by atoms with Crippen LogP contribution in [0.3, 0.4) is 0 Å². The second kappa shape index (κ2) is 8.92. The number of nitrogens with zero attached hydrogens (tertiary/aromatic N) is 1. The van der Waals surface area contributed by atoms with Gasteiger partial charge < -0.3 is 18.6 Å². The van der Waals surface area contributed by atoms with Crippen molar-refractivity contribution in [1.82, 2.24) is 0 Å². The van der Waals surface area contributed by atoms with Crippen molar-refractivity contribution in [2.45, 2.75) is 6.92 Å². The Balaban J connectivity index is 1.94. The lowest BCUT2D eigenvalue weighted by Crippen LogP contribution is -2.04. The molecule has 0 amide bonds. The maximum absolute atomic E-state index is 13.3. The van der Waals surface area contributed by atoms with E-state index in [0.29, 0.717) is 40.5 Å². The molecule has 6 heteroatoms. The Morgan fingerprint density at radius 2 is 1.65 bits per heavy atom. The molecule has 0 spiro atoms. The molecule has 0 aliphatic carbocycles. The van der Waals surface area contributed by atoms with Gasteiger partial charge >= 0.3 is 0 Å². The molecule has 0 saturated heterocycles. The lowest BCUT2D eigenvalue weighted by molar-refractivity contribution is 0.340. The number of methoxy groups -OCH3 is 2. The first-order valence-electron chi connectivity index (χ1n) is 9.84. The minimum absolute atomic E-state index is 0.309. The Morgan fingerprint density at radius 1 is 0.871 bits per heavy atom. The van der Waals surface area contributed by atoms with Gasteiger partial charge in [0.2, 0.25) is 0 Å². The smallest absolute Gasteiger partial charge is 0.161 e. The van der Waals surface area contributed by atoms with Crippen LogP contribution in [0.4, 0.5) is 10.1 Å². The van der Waals surface area contributed by atoms with E-state index < -0.39 is 0 Å². The normalized spacial score (nSPS) is 11.5. The van der Waals surface area contributed by atoms with E-state index in [0.717, 1.165) is 16.7 Å². The van der Waals surface area contributed by atoms with Crippen LogP contribution in [0.2, 0.25) is 0 Å². The number of rotatable bonds is 6. The molecule has 31 heavy (non-hydrogen) atoms. The number of benzene rings is 3. The minimum atomic E-state index is -0.309. The summed E-state index contributed by atoms with van der Waals surface area (Å²) in [4.78, 5) is 4.74. The number of hydrogen-bond donors (Lipinski definition) is 0. The van der Waals surface area contributed by atoms with Crippen molar-refractivity contribution in [1.29, 1.82) is 0 Å². The molecule has 4 rings (SSSR count). The molecule has 0 saturated carbocycles. The van der Waals surface area contributed by atoms with E-state index in [1.165, 1.54) is 12.1 Å². The van der Waals surface area contributed by atoms with Gasteiger partial charge in [0.05, 0.1) is 31.9 Å². The van der Waals surface area contributed by atoms with E-state index in [1.54, 1.807) is 26.4 Å². The fraction of sp³-hybridized carbons (Fsp3) is 0.160. The van der Waals surface area contributed by atoms with Gasteiger partial charge in [0, 0.05) is 17.0 Å². The zero-order chi connectivity index (χ0) is 21.8. The number of ether oxygens (including phenoxy) is 3. The first kappa shape index (κ1) is 20.5. The molecule has 0 aliphatic heterocycles. The molecule has 3 aromatic carbocycles. The van der Waals surface area contributed by atoms with E-state index in [1.807, 2.05) is 49.4 Å². The first-order chi connectivity index (χ1) is 15.1. The molecule has 0 radical (unpaired) electrons. The first-order valence-corrected chi connectivity index (χ1v) is 9.84. The van der Waals surface area contributed by atoms with Crippen molar-refractivity contribution < 1.29 is 23.0 Å². The summed E-state index contributed by atoms with van der Waals surface area (Å²) in [7, 11) is 3.18. The summed E-state index contributed by atoms with van der Waals surface area (Å²) >= 11 is 0. The molecular weight excluding hydrogens is 397 g/mol.